The highest BCUT2D eigenvalue weighted by atomic mass is 16.5. The molecule has 0 saturated carbocycles. The third-order valence-corrected chi connectivity index (χ3v) is 3.62. The van der Waals surface area contributed by atoms with Crippen LogP contribution in [-0.4, -0.2) is 31.8 Å². The molecule has 1 aromatic rings. The molecule has 1 heterocycles. The third-order valence-electron chi connectivity index (χ3n) is 3.62. The molecule has 3 nitrogen and oxygen atoms in total. The van der Waals surface area contributed by atoms with Crippen molar-refractivity contribution in [2.24, 2.45) is 0 Å². The number of rotatable bonds is 5. The quantitative estimate of drug-likeness (QED) is 0.856. The van der Waals surface area contributed by atoms with Crippen LogP contribution in [0.1, 0.15) is 38.7 Å². The lowest BCUT2D eigenvalue weighted by atomic mass is 10.00. The molecule has 2 atom stereocenters. The van der Waals surface area contributed by atoms with Crippen LogP contribution in [0.25, 0.3) is 0 Å². The van der Waals surface area contributed by atoms with E-state index in [0.717, 1.165) is 26.2 Å². The highest BCUT2D eigenvalue weighted by Gasteiger charge is 2.17. The van der Waals surface area contributed by atoms with Gasteiger partial charge >= 0.3 is 0 Å². The van der Waals surface area contributed by atoms with Crippen LogP contribution in [0.2, 0.25) is 0 Å². The summed E-state index contributed by atoms with van der Waals surface area (Å²) in [6.07, 6.45) is 1.09. The van der Waals surface area contributed by atoms with Crippen LogP contribution in [-0.2, 0) is 4.74 Å². The summed E-state index contributed by atoms with van der Waals surface area (Å²) in [7, 11) is 0. The van der Waals surface area contributed by atoms with Crippen LogP contribution in [0.4, 0.5) is 5.69 Å². The normalized spacial score (nSPS) is 21.4. The second-order valence-electron chi connectivity index (χ2n) is 5.75. The van der Waals surface area contributed by atoms with Gasteiger partial charge in [-0.1, -0.05) is 32.0 Å². The second-order valence-corrected chi connectivity index (χ2v) is 5.75. The van der Waals surface area contributed by atoms with Gasteiger partial charge in [-0.05, 0) is 30.9 Å². The van der Waals surface area contributed by atoms with Gasteiger partial charge in [0.25, 0.3) is 0 Å². The van der Waals surface area contributed by atoms with Gasteiger partial charge in [0.15, 0.2) is 0 Å². The van der Waals surface area contributed by atoms with Crippen LogP contribution in [0.15, 0.2) is 24.3 Å². The highest BCUT2D eigenvalue weighted by Crippen LogP contribution is 2.24. The Kier molecular flexibility index (Phi) is 5.23. The average molecular weight is 262 g/mol. The zero-order chi connectivity index (χ0) is 13.7. The van der Waals surface area contributed by atoms with E-state index in [-0.39, 0.29) is 0 Å². The molecule has 0 amide bonds. The molecular formula is C16H26N2O. The van der Waals surface area contributed by atoms with E-state index in [4.69, 9.17) is 4.74 Å². The van der Waals surface area contributed by atoms with Crippen LogP contribution < -0.4 is 10.6 Å². The third kappa shape index (κ3) is 4.22. The Labute approximate surface area is 116 Å². The molecule has 0 radical (unpaired) electrons. The molecule has 0 aliphatic carbocycles. The predicted molar refractivity (Wildman–Crippen MR) is 80.8 cm³/mol. The first-order chi connectivity index (χ1) is 9.16. The molecule has 3 heteroatoms. The number of anilines is 1. The Morgan fingerprint density at radius 2 is 2.11 bits per heavy atom. The maximum atomic E-state index is 5.50. The first-order valence-corrected chi connectivity index (χ1v) is 7.33. The molecule has 1 aromatic carbocycles. The van der Waals surface area contributed by atoms with E-state index in [1.807, 2.05) is 0 Å². The van der Waals surface area contributed by atoms with Crippen molar-refractivity contribution in [1.82, 2.24) is 5.32 Å². The van der Waals surface area contributed by atoms with Crippen molar-refractivity contribution in [3.05, 3.63) is 29.8 Å². The highest BCUT2D eigenvalue weighted by molar-refractivity contribution is 5.53. The van der Waals surface area contributed by atoms with E-state index in [1.165, 1.54) is 11.3 Å². The minimum Gasteiger partial charge on any atom is -0.382 e. The fourth-order valence-corrected chi connectivity index (χ4v) is 2.65. The van der Waals surface area contributed by atoms with Gasteiger partial charge in [-0.15, -0.1) is 0 Å². The van der Waals surface area contributed by atoms with Gasteiger partial charge in [-0.3, -0.25) is 0 Å². The lowest BCUT2D eigenvalue weighted by Gasteiger charge is -2.28. The van der Waals surface area contributed by atoms with Crippen molar-refractivity contribution in [1.29, 1.82) is 0 Å². The van der Waals surface area contributed by atoms with Crippen LogP contribution in [0.5, 0.6) is 0 Å². The molecule has 2 rings (SSSR count). The maximum Gasteiger partial charge on any atom is 0.0621 e. The van der Waals surface area contributed by atoms with Crippen molar-refractivity contribution >= 4 is 5.69 Å². The molecule has 19 heavy (non-hydrogen) atoms. The Bertz CT molecular complexity index is 386. The molecule has 1 saturated heterocycles. The molecule has 2 N–H and O–H groups in total. The molecule has 0 bridgehead atoms. The Balaban J connectivity index is 1.92. The number of morpholine rings is 1. The van der Waals surface area contributed by atoms with E-state index < -0.39 is 0 Å². The van der Waals surface area contributed by atoms with E-state index in [0.29, 0.717) is 18.0 Å². The first-order valence-electron chi connectivity index (χ1n) is 7.33. The van der Waals surface area contributed by atoms with Crippen molar-refractivity contribution in [2.45, 2.75) is 45.2 Å². The minimum absolute atomic E-state index is 0.444. The number of para-hydroxylation sites is 1. The van der Waals surface area contributed by atoms with Crippen molar-refractivity contribution in [3.8, 4) is 0 Å². The lowest BCUT2D eigenvalue weighted by Crippen LogP contribution is -2.43. The number of hydrogen-bond donors (Lipinski definition) is 2. The molecule has 2 unspecified atom stereocenters. The summed E-state index contributed by atoms with van der Waals surface area (Å²) in [5, 5.41) is 7.15. The van der Waals surface area contributed by atoms with E-state index in [2.05, 4.69) is 55.7 Å². The Hall–Kier alpha value is -1.06. The molecular weight excluding hydrogens is 236 g/mol. The van der Waals surface area contributed by atoms with Crippen molar-refractivity contribution < 1.29 is 4.74 Å². The molecule has 1 aliphatic heterocycles. The number of ether oxygens (including phenoxy) is 1. The van der Waals surface area contributed by atoms with Gasteiger partial charge in [0, 0.05) is 24.3 Å². The van der Waals surface area contributed by atoms with Crippen LogP contribution in [0.3, 0.4) is 0 Å². The lowest BCUT2D eigenvalue weighted by molar-refractivity contribution is 0.0731. The standard InChI is InChI=1S/C16H26N2O/c1-12(2)15-6-4-5-7-16(15)18-13(3)10-14-11-19-9-8-17-14/h4-7,12-14,17-18H,8-11H2,1-3H3. The largest absolute Gasteiger partial charge is 0.382 e. The fourth-order valence-electron chi connectivity index (χ4n) is 2.65. The molecule has 0 aromatic heterocycles. The summed E-state index contributed by atoms with van der Waals surface area (Å²) in [6.45, 7) is 9.36. The van der Waals surface area contributed by atoms with E-state index in [9.17, 15) is 0 Å². The van der Waals surface area contributed by atoms with Gasteiger partial charge in [0.05, 0.1) is 13.2 Å². The Morgan fingerprint density at radius 3 is 2.79 bits per heavy atom. The summed E-state index contributed by atoms with van der Waals surface area (Å²) in [6, 6.07) is 9.52. The fraction of sp³-hybridized carbons (Fsp3) is 0.625. The molecule has 1 aliphatic rings. The Morgan fingerprint density at radius 1 is 1.32 bits per heavy atom. The van der Waals surface area contributed by atoms with Gasteiger partial charge in [0.2, 0.25) is 0 Å². The number of nitrogens with one attached hydrogen (secondary N) is 2. The topological polar surface area (TPSA) is 33.3 Å². The smallest absolute Gasteiger partial charge is 0.0621 e. The van der Waals surface area contributed by atoms with Gasteiger partial charge in [-0.25, -0.2) is 0 Å². The zero-order valence-corrected chi connectivity index (χ0v) is 12.3. The van der Waals surface area contributed by atoms with E-state index >= 15 is 0 Å². The molecule has 1 fully saturated rings. The summed E-state index contributed by atoms with van der Waals surface area (Å²) in [5.74, 6) is 0.548. The van der Waals surface area contributed by atoms with Gasteiger partial charge in [0.1, 0.15) is 0 Å². The van der Waals surface area contributed by atoms with Crippen LogP contribution >= 0.6 is 0 Å². The second kappa shape index (κ2) is 6.92. The monoisotopic (exact) mass is 262 g/mol. The number of hydrogen-bond acceptors (Lipinski definition) is 3. The zero-order valence-electron chi connectivity index (χ0n) is 12.3. The van der Waals surface area contributed by atoms with Crippen molar-refractivity contribution in [2.75, 3.05) is 25.1 Å². The van der Waals surface area contributed by atoms with Crippen LogP contribution in [0, 0.1) is 0 Å². The average Bonchev–Trinajstić information content (AvgIpc) is 2.40. The van der Waals surface area contributed by atoms with E-state index in [1.54, 1.807) is 0 Å². The SMILES string of the molecule is CC(CC1COCCN1)Nc1ccccc1C(C)C. The van der Waals surface area contributed by atoms with Gasteiger partial charge in [-0.2, -0.15) is 0 Å². The summed E-state index contributed by atoms with van der Waals surface area (Å²) >= 11 is 0. The van der Waals surface area contributed by atoms with Crippen molar-refractivity contribution in [3.63, 3.8) is 0 Å². The maximum absolute atomic E-state index is 5.50. The first kappa shape index (κ1) is 14.4. The number of benzene rings is 1. The summed E-state index contributed by atoms with van der Waals surface area (Å²) < 4.78 is 5.50. The predicted octanol–water partition coefficient (Wildman–Crippen LogP) is 2.99. The minimum atomic E-state index is 0.444. The molecule has 106 valence electrons. The van der Waals surface area contributed by atoms with Gasteiger partial charge < -0.3 is 15.4 Å². The molecule has 0 spiro atoms. The summed E-state index contributed by atoms with van der Waals surface area (Å²) in [5.41, 5.74) is 2.66. The summed E-state index contributed by atoms with van der Waals surface area (Å²) in [4.78, 5) is 0.